The maximum Gasteiger partial charge on any atom is 0.271 e. The molecule has 31 heavy (non-hydrogen) atoms. The van der Waals surface area contributed by atoms with Crippen LogP contribution in [-0.2, 0) is 10.0 Å². The highest BCUT2D eigenvalue weighted by Gasteiger charge is 2.24. The molecule has 160 valence electrons. The van der Waals surface area contributed by atoms with E-state index in [1.165, 1.54) is 18.2 Å². The fourth-order valence-electron chi connectivity index (χ4n) is 2.82. The predicted molar refractivity (Wildman–Crippen MR) is 121 cm³/mol. The van der Waals surface area contributed by atoms with E-state index in [4.69, 9.17) is 11.6 Å². The third-order valence-electron chi connectivity index (χ3n) is 4.52. The highest BCUT2D eigenvalue weighted by atomic mass is 35.5. The molecule has 0 atom stereocenters. The van der Waals surface area contributed by atoms with Crippen molar-refractivity contribution in [2.45, 2.75) is 23.1 Å². The van der Waals surface area contributed by atoms with E-state index in [0.29, 0.717) is 11.3 Å². The molecule has 0 bridgehead atoms. The number of nitrogens with one attached hydrogen (secondary N) is 3. The zero-order valence-electron chi connectivity index (χ0n) is 16.1. The van der Waals surface area contributed by atoms with E-state index in [0.717, 1.165) is 24.2 Å². The number of hydrogen-bond donors (Lipinski definition) is 3. The Morgan fingerprint density at radius 1 is 0.968 bits per heavy atom. The average Bonchev–Trinajstić information content (AvgIpc) is 3.35. The molecule has 0 radical (unpaired) electrons. The fourth-order valence-corrected chi connectivity index (χ4v) is 5.13. The van der Waals surface area contributed by atoms with Crippen LogP contribution < -0.4 is 15.4 Å². The minimum atomic E-state index is -3.71. The number of carbonyl (C=O) groups excluding carboxylic acids is 2. The molecule has 0 aliphatic heterocycles. The van der Waals surface area contributed by atoms with E-state index >= 15 is 0 Å². The van der Waals surface area contributed by atoms with Gasteiger partial charge in [-0.25, -0.2) is 8.42 Å². The van der Waals surface area contributed by atoms with Crippen molar-refractivity contribution >= 4 is 56.2 Å². The molecule has 0 saturated heterocycles. The molecule has 0 spiro atoms. The van der Waals surface area contributed by atoms with Crippen LogP contribution in [0.15, 0.2) is 64.2 Å². The summed E-state index contributed by atoms with van der Waals surface area (Å²) in [6.45, 7) is 0. The normalized spacial score (nSPS) is 13.5. The van der Waals surface area contributed by atoms with E-state index in [-0.39, 0.29) is 32.4 Å². The van der Waals surface area contributed by atoms with Gasteiger partial charge in [0.25, 0.3) is 21.8 Å². The molecule has 2 amide bonds. The maximum absolute atomic E-state index is 12.6. The highest BCUT2D eigenvalue weighted by Crippen LogP contribution is 2.25. The van der Waals surface area contributed by atoms with Crippen LogP contribution in [0.3, 0.4) is 0 Å². The van der Waals surface area contributed by atoms with Gasteiger partial charge in [0.1, 0.15) is 4.21 Å². The van der Waals surface area contributed by atoms with Gasteiger partial charge in [0, 0.05) is 23.0 Å². The Morgan fingerprint density at radius 3 is 2.45 bits per heavy atom. The molecule has 2 aromatic carbocycles. The summed E-state index contributed by atoms with van der Waals surface area (Å²) in [5.41, 5.74) is 1.29. The second kappa shape index (κ2) is 8.70. The van der Waals surface area contributed by atoms with Gasteiger partial charge in [-0.15, -0.1) is 11.3 Å². The van der Waals surface area contributed by atoms with Crippen molar-refractivity contribution in [3.63, 3.8) is 0 Å². The SMILES string of the molecule is O=C(Nc1ccc(C(=O)NC2CC2)c(Cl)c1)c1cccc(NS(=O)(=O)c2cccs2)c1. The van der Waals surface area contributed by atoms with Crippen molar-refractivity contribution in [2.24, 2.45) is 0 Å². The van der Waals surface area contributed by atoms with Crippen LogP contribution in [0.2, 0.25) is 5.02 Å². The van der Waals surface area contributed by atoms with E-state index in [9.17, 15) is 18.0 Å². The molecule has 4 rings (SSSR count). The fraction of sp³-hybridized carbons (Fsp3) is 0.143. The minimum Gasteiger partial charge on any atom is -0.349 e. The molecule has 3 N–H and O–H groups in total. The van der Waals surface area contributed by atoms with Gasteiger partial charge in [0.2, 0.25) is 0 Å². The van der Waals surface area contributed by atoms with Crippen molar-refractivity contribution < 1.29 is 18.0 Å². The van der Waals surface area contributed by atoms with Gasteiger partial charge in [-0.05, 0) is 60.7 Å². The molecule has 7 nitrogen and oxygen atoms in total. The molecule has 1 saturated carbocycles. The lowest BCUT2D eigenvalue weighted by molar-refractivity contribution is 0.0950. The summed E-state index contributed by atoms with van der Waals surface area (Å²) in [6, 6.07) is 14.2. The molecule has 0 unspecified atom stereocenters. The van der Waals surface area contributed by atoms with E-state index in [1.807, 2.05) is 0 Å². The van der Waals surface area contributed by atoms with E-state index in [1.54, 1.807) is 41.8 Å². The van der Waals surface area contributed by atoms with Gasteiger partial charge in [-0.3, -0.25) is 14.3 Å². The second-order valence-electron chi connectivity index (χ2n) is 7.01. The Bertz CT molecular complexity index is 1240. The molecule has 1 heterocycles. The first-order valence-corrected chi connectivity index (χ1v) is 12.1. The van der Waals surface area contributed by atoms with Gasteiger partial charge in [0.15, 0.2) is 0 Å². The molecule has 3 aromatic rings. The van der Waals surface area contributed by atoms with Crippen LogP contribution in [-0.4, -0.2) is 26.3 Å². The summed E-state index contributed by atoms with van der Waals surface area (Å²) in [4.78, 5) is 24.8. The minimum absolute atomic E-state index is 0.183. The Hall–Kier alpha value is -2.88. The monoisotopic (exact) mass is 475 g/mol. The number of anilines is 2. The summed E-state index contributed by atoms with van der Waals surface area (Å²) in [7, 11) is -3.71. The smallest absolute Gasteiger partial charge is 0.271 e. The Morgan fingerprint density at radius 2 is 1.77 bits per heavy atom. The van der Waals surface area contributed by atoms with Gasteiger partial charge in [-0.1, -0.05) is 23.7 Å². The van der Waals surface area contributed by atoms with Gasteiger partial charge >= 0.3 is 0 Å². The van der Waals surface area contributed by atoms with Crippen LogP contribution in [0, 0.1) is 0 Å². The van der Waals surface area contributed by atoms with E-state index in [2.05, 4.69) is 15.4 Å². The summed E-state index contributed by atoms with van der Waals surface area (Å²) >= 11 is 7.32. The standard InChI is InChI=1S/C21H18ClN3O4S2/c22-18-12-15(8-9-17(18)21(27)23-14-6-7-14)24-20(26)13-3-1-4-16(11-13)25-31(28,29)19-5-2-10-30-19/h1-5,8-12,14,25H,6-7H2,(H,23,27)(H,24,26). The zero-order valence-corrected chi connectivity index (χ0v) is 18.5. The highest BCUT2D eigenvalue weighted by molar-refractivity contribution is 7.94. The number of amides is 2. The zero-order chi connectivity index (χ0) is 22.0. The predicted octanol–water partition coefficient (Wildman–Crippen LogP) is 4.35. The summed E-state index contributed by atoms with van der Waals surface area (Å²) in [6.07, 6.45) is 1.94. The first-order valence-electron chi connectivity index (χ1n) is 9.40. The third kappa shape index (κ3) is 5.25. The van der Waals surface area contributed by atoms with Crippen molar-refractivity contribution in [2.75, 3.05) is 10.0 Å². The topological polar surface area (TPSA) is 104 Å². The van der Waals surface area contributed by atoms with Crippen LogP contribution in [0.4, 0.5) is 11.4 Å². The van der Waals surface area contributed by atoms with Crippen molar-refractivity contribution in [3.8, 4) is 0 Å². The Labute approximate surface area is 188 Å². The van der Waals surface area contributed by atoms with Crippen molar-refractivity contribution in [1.29, 1.82) is 0 Å². The van der Waals surface area contributed by atoms with E-state index < -0.39 is 15.9 Å². The number of hydrogen-bond acceptors (Lipinski definition) is 5. The molecule has 1 aromatic heterocycles. The second-order valence-corrected chi connectivity index (χ2v) is 10.3. The number of sulfonamides is 1. The molecule has 10 heteroatoms. The number of benzene rings is 2. The molecular formula is C21H18ClN3O4S2. The van der Waals surface area contributed by atoms with Gasteiger partial charge in [-0.2, -0.15) is 0 Å². The number of thiophene rings is 1. The third-order valence-corrected chi connectivity index (χ3v) is 7.61. The number of rotatable bonds is 7. The molecule has 1 fully saturated rings. The molecule has 1 aliphatic carbocycles. The van der Waals surface area contributed by atoms with Crippen molar-refractivity contribution in [1.82, 2.24) is 5.32 Å². The largest absolute Gasteiger partial charge is 0.349 e. The Kier molecular flexibility index (Phi) is 5.99. The molecule has 1 aliphatic rings. The van der Waals surface area contributed by atoms with Crippen LogP contribution in [0.25, 0.3) is 0 Å². The number of carbonyl (C=O) groups is 2. The lowest BCUT2D eigenvalue weighted by Gasteiger charge is -2.11. The van der Waals surface area contributed by atoms with Crippen LogP contribution in [0.1, 0.15) is 33.6 Å². The van der Waals surface area contributed by atoms with Crippen LogP contribution >= 0.6 is 22.9 Å². The maximum atomic E-state index is 12.6. The van der Waals surface area contributed by atoms with Gasteiger partial charge in [0.05, 0.1) is 10.6 Å². The first-order chi connectivity index (χ1) is 14.8. The van der Waals surface area contributed by atoms with Crippen LogP contribution in [0.5, 0.6) is 0 Å². The number of halogens is 1. The van der Waals surface area contributed by atoms with Crippen molar-refractivity contribution in [3.05, 3.63) is 76.1 Å². The first kappa shape index (κ1) is 21.4. The quantitative estimate of drug-likeness (QED) is 0.472. The van der Waals surface area contributed by atoms with Gasteiger partial charge < -0.3 is 10.6 Å². The molecular weight excluding hydrogens is 458 g/mol. The summed E-state index contributed by atoms with van der Waals surface area (Å²) in [5, 5.41) is 7.47. The summed E-state index contributed by atoms with van der Waals surface area (Å²) in [5.74, 6) is -0.681. The lowest BCUT2D eigenvalue weighted by Crippen LogP contribution is -2.25. The average molecular weight is 476 g/mol. The Balaban J connectivity index is 1.46. The lowest BCUT2D eigenvalue weighted by atomic mass is 10.1. The summed E-state index contributed by atoms with van der Waals surface area (Å²) < 4.78 is 27.4.